The second-order valence-corrected chi connectivity index (χ2v) is 6.21. The molecule has 0 fully saturated rings. The first-order valence-electron chi connectivity index (χ1n) is 3.01. The molecule has 1 rings (SSSR count). The molecule has 0 spiro atoms. The van der Waals surface area contributed by atoms with Gasteiger partial charge in [0.2, 0.25) is 0 Å². The van der Waals surface area contributed by atoms with Crippen LogP contribution in [0.15, 0.2) is 37.0 Å². The van der Waals surface area contributed by atoms with E-state index in [9.17, 15) is 0 Å². The van der Waals surface area contributed by atoms with Gasteiger partial charge in [-0.2, -0.15) is 0 Å². The summed E-state index contributed by atoms with van der Waals surface area (Å²) >= 11 is -0.128. The van der Waals surface area contributed by atoms with Crippen molar-refractivity contribution in [2.24, 2.45) is 0 Å². The molecule has 0 heterocycles. The molecule has 0 saturated carbocycles. The summed E-state index contributed by atoms with van der Waals surface area (Å²) in [4.78, 5) is 1.29. The van der Waals surface area contributed by atoms with Crippen LogP contribution in [-0.4, -0.2) is 0 Å². The minimum absolute atomic E-state index is 0.128. The van der Waals surface area contributed by atoms with Crippen LogP contribution < -0.4 is 0 Å². The topological polar surface area (TPSA) is 0 Å². The maximum atomic E-state index is 3.72. The van der Waals surface area contributed by atoms with E-state index in [0.29, 0.717) is 0 Å². The van der Waals surface area contributed by atoms with Crippen molar-refractivity contribution < 1.29 is 18.6 Å². The molecular formula is C8H10W. The second-order valence-electron chi connectivity index (χ2n) is 1.86. The van der Waals surface area contributed by atoms with E-state index in [4.69, 9.17) is 0 Å². The molecule has 0 aliphatic heterocycles. The Bertz CT molecular complexity index is 133. The molecule has 0 bridgehead atoms. The first-order chi connectivity index (χ1) is 4.43. The van der Waals surface area contributed by atoms with Gasteiger partial charge >= 0.3 is 64.6 Å². The van der Waals surface area contributed by atoms with Crippen molar-refractivity contribution in [2.45, 2.75) is 9.12 Å². The Labute approximate surface area is 64.9 Å². The van der Waals surface area contributed by atoms with Crippen LogP contribution in [0.5, 0.6) is 0 Å². The van der Waals surface area contributed by atoms with Gasteiger partial charge in [-0.25, -0.2) is 0 Å². The standard InChI is InChI=1S/C5H5.C3H5.W/c1-2-4-5-3-1;1-3-2;/h1-5H;3H,1-2H2;. The molecule has 0 radical (unpaired) electrons. The van der Waals surface area contributed by atoms with Crippen molar-refractivity contribution >= 4 is 0 Å². The van der Waals surface area contributed by atoms with E-state index in [1.165, 1.54) is 4.81 Å². The van der Waals surface area contributed by atoms with Crippen molar-refractivity contribution in [1.29, 1.82) is 0 Å². The molecule has 1 heteroatoms. The third-order valence-corrected chi connectivity index (χ3v) is 5.17. The number of rotatable bonds is 3. The van der Waals surface area contributed by atoms with E-state index in [1.54, 1.807) is 0 Å². The molecule has 0 aromatic heterocycles. The van der Waals surface area contributed by atoms with Crippen LogP contribution in [0.1, 0.15) is 0 Å². The van der Waals surface area contributed by atoms with E-state index in [2.05, 4.69) is 30.9 Å². The fourth-order valence-corrected chi connectivity index (χ4v) is 3.44. The maximum absolute atomic E-state index is 3.72. The zero-order valence-corrected chi connectivity index (χ0v) is 8.22. The Hall–Kier alpha value is -0.0917. The Morgan fingerprint density at radius 1 is 1.44 bits per heavy atom. The van der Waals surface area contributed by atoms with Crippen LogP contribution in [0.25, 0.3) is 0 Å². The predicted octanol–water partition coefficient (Wildman–Crippen LogP) is 2.59. The number of hydrogen-bond donors (Lipinski definition) is 0. The average molecular weight is 290 g/mol. The first kappa shape index (κ1) is 7.02. The quantitative estimate of drug-likeness (QED) is 0.701. The molecule has 48 valence electrons. The second kappa shape index (κ2) is 3.84. The molecule has 0 saturated heterocycles. The Balaban J connectivity index is 2.20. The van der Waals surface area contributed by atoms with Crippen LogP contribution in [0.2, 0.25) is 9.12 Å². The van der Waals surface area contributed by atoms with Crippen molar-refractivity contribution in [3.8, 4) is 0 Å². The van der Waals surface area contributed by atoms with Crippen LogP contribution in [0.4, 0.5) is 0 Å². The van der Waals surface area contributed by atoms with Crippen LogP contribution in [0.3, 0.4) is 0 Å². The van der Waals surface area contributed by atoms with Crippen molar-refractivity contribution in [3.05, 3.63) is 37.0 Å². The molecule has 0 aromatic carbocycles. The zero-order valence-electron chi connectivity index (χ0n) is 5.29. The third kappa shape index (κ3) is 2.32. The van der Waals surface area contributed by atoms with Gasteiger partial charge in [-0.05, 0) is 0 Å². The first-order valence-corrected chi connectivity index (χ1v) is 6.78. The van der Waals surface area contributed by atoms with Gasteiger partial charge in [-0.1, -0.05) is 0 Å². The Morgan fingerprint density at radius 3 is 2.67 bits per heavy atom. The fraction of sp³-hybridized carbons (Fsp3) is 0.250. The predicted molar refractivity (Wildman–Crippen MR) is 37.0 cm³/mol. The normalized spacial score (nSPS) is 16.9. The van der Waals surface area contributed by atoms with E-state index in [-0.39, 0.29) is 18.6 Å². The molecule has 1 aliphatic carbocycles. The van der Waals surface area contributed by atoms with Gasteiger partial charge in [0.1, 0.15) is 0 Å². The molecule has 0 unspecified atom stereocenters. The summed E-state index contributed by atoms with van der Waals surface area (Å²) in [6, 6.07) is 0. The van der Waals surface area contributed by atoms with Crippen molar-refractivity contribution in [3.63, 3.8) is 0 Å². The van der Waals surface area contributed by atoms with Gasteiger partial charge in [0, 0.05) is 0 Å². The van der Waals surface area contributed by atoms with Crippen molar-refractivity contribution in [2.75, 3.05) is 0 Å². The monoisotopic (exact) mass is 290 g/mol. The van der Waals surface area contributed by atoms with Gasteiger partial charge in [0.25, 0.3) is 0 Å². The summed E-state index contributed by atoms with van der Waals surface area (Å²) in [6.07, 6.45) is 10.9. The van der Waals surface area contributed by atoms with E-state index in [1.807, 2.05) is 6.08 Å². The molecular weight excluding hydrogens is 280 g/mol. The van der Waals surface area contributed by atoms with Gasteiger partial charge in [0.15, 0.2) is 0 Å². The zero-order chi connectivity index (χ0) is 6.53. The van der Waals surface area contributed by atoms with Crippen LogP contribution in [0, 0.1) is 0 Å². The van der Waals surface area contributed by atoms with E-state index < -0.39 is 0 Å². The summed E-state index contributed by atoms with van der Waals surface area (Å²) in [5, 5.41) is 0. The Morgan fingerprint density at radius 2 is 2.11 bits per heavy atom. The van der Waals surface area contributed by atoms with E-state index in [0.717, 1.165) is 4.31 Å². The summed E-state index contributed by atoms with van der Waals surface area (Å²) in [7, 11) is 0. The third-order valence-electron chi connectivity index (χ3n) is 1.12. The summed E-state index contributed by atoms with van der Waals surface area (Å²) in [6.45, 7) is 3.72. The number of hydrogen-bond acceptors (Lipinski definition) is 0. The van der Waals surface area contributed by atoms with E-state index >= 15 is 0 Å². The molecule has 0 amide bonds. The van der Waals surface area contributed by atoms with Gasteiger partial charge in [-0.3, -0.25) is 0 Å². The SMILES string of the molecule is C=C[CH2][W][CH]1C=CC=C1. The fourth-order valence-electron chi connectivity index (χ4n) is 0.702. The minimum atomic E-state index is -0.128. The number of allylic oxidation sites excluding steroid dienone is 5. The molecule has 0 N–H and O–H groups in total. The van der Waals surface area contributed by atoms with Gasteiger partial charge in [-0.15, -0.1) is 0 Å². The molecule has 0 aromatic rings. The van der Waals surface area contributed by atoms with Gasteiger partial charge in [0.05, 0.1) is 0 Å². The molecule has 9 heavy (non-hydrogen) atoms. The van der Waals surface area contributed by atoms with Crippen LogP contribution in [-0.2, 0) is 18.6 Å². The average Bonchev–Trinajstić information content (AvgIpc) is 2.34. The summed E-state index contributed by atoms with van der Waals surface area (Å²) in [5.74, 6) is 0. The van der Waals surface area contributed by atoms with Crippen LogP contribution >= 0.6 is 0 Å². The summed E-state index contributed by atoms with van der Waals surface area (Å²) in [5.41, 5.74) is 0. The Kier molecular flexibility index (Phi) is 3.00. The molecule has 1 aliphatic rings. The molecule has 0 nitrogen and oxygen atoms in total. The van der Waals surface area contributed by atoms with Gasteiger partial charge < -0.3 is 0 Å². The molecule has 0 atom stereocenters. The van der Waals surface area contributed by atoms with Crippen molar-refractivity contribution in [1.82, 2.24) is 0 Å². The summed E-state index contributed by atoms with van der Waals surface area (Å²) < 4.78 is 0.850.